The fourth-order valence-corrected chi connectivity index (χ4v) is 7.47. The molecule has 9 nitrogen and oxygen atoms in total. The summed E-state index contributed by atoms with van der Waals surface area (Å²) in [5.41, 5.74) is 6.80. The molecule has 2 aliphatic heterocycles. The number of benzene rings is 2. The van der Waals surface area contributed by atoms with Gasteiger partial charge in [0.15, 0.2) is 5.67 Å². The number of halogens is 1. The van der Waals surface area contributed by atoms with E-state index in [1.165, 1.54) is 0 Å². The number of alkyl halides is 1. The van der Waals surface area contributed by atoms with Crippen LogP contribution in [0.3, 0.4) is 0 Å². The SMILES string of the molecule is Cc1n[nH]c(C)c1-c1ccc(NC(=O)[C@@H](NC(=O)C2(F)CC2)[C@@H]2CCc3ccc(-c4ccnc(N5C[C@H]6C[C@@H]5CO6)c4)cc32)cc1. The fraction of sp³-hybridized carbons (Fsp3) is 0.389. The van der Waals surface area contributed by atoms with Gasteiger partial charge in [0.2, 0.25) is 5.91 Å². The standard InChI is InChI=1S/C36H37FN6O3/c1-20-32(21(2)42-41-20)23-5-8-26(9-6-23)39-34(44)33(40-35(45)36(37)12-13-36)29-10-7-22-3-4-24(15-30(22)29)25-11-14-38-31(16-25)43-18-28-17-27(43)19-46-28/h3-6,8-9,11,14-16,27-29,33H,7,10,12-13,17-19H2,1-2H3,(H,39,44)(H,40,45)(H,41,42)/t27-,28-,29-,33+/m1/s1. The highest BCUT2D eigenvalue weighted by Crippen LogP contribution is 2.42. The zero-order valence-electron chi connectivity index (χ0n) is 26.0. The Morgan fingerprint density at radius 2 is 1.85 bits per heavy atom. The zero-order chi connectivity index (χ0) is 31.6. The number of pyridine rings is 1. The molecular weight excluding hydrogens is 583 g/mol. The summed E-state index contributed by atoms with van der Waals surface area (Å²) in [5, 5.41) is 13.1. The number of H-pyrrole nitrogens is 1. The lowest BCUT2D eigenvalue weighted by molar-refractivity contribution is -0.131. The molecule has 2 amide bonds. The molecule has 3 fully saturated rings. The maximum atomic E-state index is 14.9. The lowest BCUT2D eigenvalue weighted by atomic mass is 9.90. The minimum absolute atomic E-state index is 0.183. The summed E-state index contributed by atoms with van der Waals surface area (Å²) < 4.78 is 20.7. The molecule has 4 atom stereocenters. The third-order valence-corrected chi connectivity index (χ3v) is 10.2. The van der Waals surface area contributed by atoms with Crippen molar-refractivity contribution in [2.24, 2.45) is 0 Å². The first kappa shape index (κ1) is 28.9. The average Bonchev–Trinajstić information content (AvgIpc) is 3.47. The number of hydrogen-bond donors (Lipinski definition) is 3. The van der Waals surface area contributed by atoms with Gasteiger partial charge in [-0.1, -0.05) is 30.3 Å². The van der Waals surface area contributed by atoms with Crippen LogP contribution in [0.1, 0.15) is 54.1 Å². The van der Waals surface area contributed by atoms with Crippen LogP contribution in [0.15, 0.2) is 60.8 Å². The molecule has 0 radical (unpaired) electrons. The molecule has 2 aromatic heterocycles. The van der Waals surface area contributed by atoms with Crippen molar-refractivity contribution in [2.75, 3.05) is 23.4 Å². The molecule has 0 spiro atoms. The first-order valence-electron chi connectivity index (χ1n) is 16.2. The molecule has 0 unspecified atom stereocenters. The summed E-state index contributed by atoms with van der Waals surface area (Å²) in [4.78, 5) is 33.9. The number of hydrogen-bond acceptors (Lipinski definition) is 6. The van der Waals surface area contributed by atoms with E-state index in [1.807, 2.05) is 50.4 Å². The van der Waals surface area contributed by atoms with Crippen molar-refractivity contribution in [3.8, 4) is 22.3 Å². The van der Waals surface area contributed by atoms with E-state index in [2.05, 4.69) is 55.0 Å². The van der Waals surface area contributed by atoms with Crippen molar-refractivity contribution in [1.82, 2.24) is 20.5 Å². The number of carbonyl (C=O) groups excluding carboxylic acids is 2. The predicted molar refractivity (Wildman–Crippen MR) is 173 cm³/mol. The summed E-state index contributed by atoms with van der Waals surface area (Å²) in [6.45, 7) is 5.51. The van der Waals surface area contributed by atoms with Crippen LogP contribution >= 0.6 is 0 Å². The van der Waals surface area contributed by atoms with Gasteiger partial charge in [0.25, 0.3) is 5.91 Å². The summed E-state index contributed by atoms with van der Waals surface area (Å²) in [6, 6.07) is 17.5. The number of morpholine rings is 1. The van der Waals surface area contributed by atoms with Gasteiger partial charge < -0.3 is 20.3 Å². The quantitative estimate of drug-likeness (QED) is 0.244. The number of fused-ring (bicyclic) bond motifs is 3. The van der Waals surface area contributed by atoms with Crippen molar-refractivity contribution < 1.29 is 18.7 Å². The zero-order valence-corrected chi connectivity index (χ0v) is 26.0. The van der Waals surface area contributed by atoms with Crippen LogP contribution in [-0.4, -0.2) is 64.0 Å². The Bertz CT molecular complexity index is 1810. The Balaban J connectivity index is 1.06. The summed E-state index contributed by atoms with van der Waals surface area (Å²) in [5.74, 6) is -0.427. The number of aromatic nitrogens is 3. The molecule has 236 valence electrons. The minimum Gasteiger partial charge on any atom is -0.374 e. The molecule has 2 saturated heterocycles. The number of rotatable bonds is 8. The lowest BCUT2D eigenvalue weighted by Crippen LogP contribution is -2.50. The van der Waals surface area contributed by atoms with Gasteiger partial charge in [0.05, 0.1) is 24.4 Å². The molecule has 4 aliphatic rings. The van der Waals surface area contributed by atoms with Crippen LogP contribution in [0.2, 0.25) is 0 Å². The molecule has 3 N–H and O–H groups in total. The maximum absolute atomic E-state index is 14.9. The van der Waals surface area contributed by atoms with E-state index in [9.17, 15) is 14.0 Å². The van der Waals surface area contributed by atoms with E-state index in [4.69, 9.17) is 4.74 Å². The molecule has 1 saturated carbocycles. The van der Waals surface area contributed by atoms with Gasteiger partial charge in [-0.25, -0.2) is 9.37 Å². The summed E-state index contributed by atoms with van der Waals surface area (Å²) >= 11 is 0. The molecule has 8 rings (SSSR count). The van der Waals surface area contributed by atoms with Gasteiger partial charge >= 0.3 is 0 Å². The van der Waals surface area contributed by atoms with E-state index in [-0.39, 0.29) is 30.8 Å². The van der Waals surface area contributed by atoms with Crippen LogP contribution in [0.25, 0.3) is 22.3 Å². The normalized spacial score (nSPS) is 22.8. The van der Waals surface area contributed by atoms with Crippen molar-refractivity contribution in [3.05, 3.63) is 83.3 Å². The fourth-order valence-electron chi connectivity index (χ4n) is 7.47. The second-order valence-corrected chi connectivity index (χ2v) is 13.3. The smallest absolute Gasteiger partial charge is 0.258 e. The lowest BCUT2D eigenvalue weighted by Gasteiger charge is -2.28. The molecule has 2 aliphatic carbocycles. The van der Waals surface area contributed by atoms with E-state index in [0.29, 0.717) is 18.2 Å². The molecule has 46 heavy (non-hydrogen) atoms. The average molecular weight is 621 g/mol. The Morgan fingerprint density at radius 1 is 1.07 bits per heavy atom. The van der Waals surface area contributed by atoms with Crippen LogP contribution in [0.5, 0.6) is 0 Å². The van der Waals surface area contributed by atoms with Crippen LogP contribution < -0.4 is 15.5 Å². The highest BCUT2D eigenvalue weighted by molar-refractivity contribution is 6.00. The van der Waals surface area contributed by atoms with E-state index >= 15 is 0 Å². The summed E-state index contributed by atoms with van der Waals surface area (Å²) in [6.07, 6.45) is 4.97. The minimum atomic E-state index is -1.89. The van der Waals surface area contributed by atoms with Crippen molar-refractivity contribution in [3.63, 3.8) is 0 Å². The Hall–Kier alpha value is -4.57. The van der Waals surface area contributed by atoms with Crippen LogP contribution in [-0.2, 0) is 20.7 Å². The number of aryl methyl sites for hydroxylation is 3. The van der Waals surface area contributed by atoms with Crippen molar-refractivity contribution >= 4 is 23.3 Å². The highest BCUT2D eigenvalue weighted by Gasteiger charge is 2.52. The van der Waals surface area contributed by atoms with E-state index in [0.717, 1.165) is 76.6 Å². The number of carbonyl (C=O) groups is 2. The Kier molecular flexibility index (Phi) is 6.93. The van der Waals surface area contributed by atoms with Gasteiger partial charge in [-0.05, 0) is 98.0 Å². The second kappa shape index (κ2) is 11.0. The third kappa shape index (κ3) is 5.14. The number of anilines is 2. The Morgan fingerprint density at radius 3 is 2.54 bits per heavy atom. The second-order valence-electron chi connectivity index (χ2n) is 13.3. The summed E-state index contributed by atoms with van der Waals surface area (Å²) in [7, 11) is 0. The van der Waals surface area contributed by atoms with Crippen LogP contribution in [0, 0.1) is 13.8 Å². The number of aromatic amines is 1. The number of nitrogens with one attached hydrogen (secondary N) is 3. The van der Waals surface area contributed by atoms with Gasteiger partial charge in [0.1, 0.15) is 11.9 Å². The monoisotopic (exact) mass is 620 g/mol. The molecule has 2 aromatic carbocycles. The first-order chi connectivity index (χ1) is 22.3. The molecule has 10 heteroatoms. The molecule has 4 heterocycles. The first-order valence-corrected chi connectivity index (χ1v) is 16.2. The van der Waals surface area contributed by atoms with Crippen molar-refractivity contribution in [2.45, 2.75) is 75.7 Å². The van der Waals surface area contributed by atoms with Gasteiger partial charge in [0, 0.05) is 35.6 Å². The van der Waals surface area contributed by atoms with Gasteiger partial charge in [-0.15, -0.1) is 0 Å². The third-order valence-electron chi connectivity index (χ3n) is 10.2. The van der Waals surface area contributed by atoms with Gasteiger partial charge in [-0.3, -0.25) is 14.7 Å². The molecule has 2 bridgehead atoms. The largest absolute Gasteiger partial charge is 0.374 e. The predicted octanol–water partition coefficient (Wildman–Crippen LogP) is 5.39. The molecule has 4 aromatic rings. The number of ether oxygens (including phenoxy) is 1. The van der Waals surface area contributed by atoms with Crippen LogP contribution in [0.4, 0.5) is 15.9 Å². The van der Waals surface area contributed by atoms with E-state index in [1.54, 1.807) is 0 Å². The van der Waals surface area contributed by atoms with Crippen molar-refractivity contribution in [1.29, 1.82) is 0 Å². The van der Waals surface area contributed by atoms with Gasteiger partial charge in [-0.2, -0.15) is 5.10 Å². The topological polar surface area (TPSA) is 112 Å². The maximum Gasteiger partial charge on any atom is 0.258 e. The number of nitrogens with zero attached hydrogens (tertiary/aromatic N) is 3. The molecular formula is C36H37FN6O3. The highest BCUT2D eigenvalue weighted by atomic mass is 19.1. The van der Waals surface area contributed by atoms with E-state index < -0.39 is 17.6 Å². The Labute approximate surface area is 266 Å². The number of amides is 2.